The van der Waals surface area contributed by atoms with E-state index in [0.29, 0.717) is 0 Å². The zero-order valence-corrected chi connectivity index (χ0v) is 16.2. The van der Waals surface area contributed by atoms with Crippen molar-refractivity contribution in [1.29, 1.82) is 0 Å². The van der Waals surface area contributed by atoms with Gasteiger partial charge in [0, 0.05) is 11.0 Å². The molecule has 4 aromatic rings. The number of aromatic amines is 2. The molecule has 0 spiro atoms. The SMILES string of the molecule is CC(C)(C)c1cccc2c1[nH]c[n+]2CC(C)(C)c1ccc2nc[nH]c2c1. The molecule has 0 radical (unpaired) electrons. The highest BCUT2D eigenvalue weighted by molar-refractivity contribution is 5.77. The molecule has 26 heavy (non-hydrogen) atoms. The van der Waals surface area contributed by atoms with Gasteiger partial charge in [0.15, 0.2) is 11.0 Å². The predicted octanol–water partition coefficient (Wildman–Crippen LogP) is 4.61. The van der Waals surface area contributed by atoms with E-state index in [1.807, 2.05) is 0 Å². The van der Waals surface area contributed by atoms with Crippen LogP contribution in [0.15, 0.2) is 49.1 Å². The average molecular weight is 347 g/mol. The molecule has 0 saturated carbocycles. The summed E-state index contributed by atoms with van der Waals surface area (Å²) < 4.78 is 2.34. The van der Waals surface area contributed by atoms with E-state index in [4.69, 9.17) is 0 Å². The summed E-state index contributed by atoms with van der Waals surface area (Å²) in [6, 6.07) is 13.1. The summed E-state index contributed by atoms with van der Waals surface area (Å²) in [5.41, 5.74) is 7.37. The first-order valence-corrected chi connectivity index (χ1v) is 9.19. The molecule has 2 aromatic heterocycles. The van der Waals surface area contributed by atoms with E-state index in [-0.39, 0.29) is 10.8 Å². The minimum absolute atomic E-state index is 0.00315. The van der Waals surface area contributed by atoms with Crippen molar-refractivity contribution in [2.24, 2.45) is 0 Å². The number of nitrogens with one attached hydrogen (secondary N) is 2. The van der Waals surface area contributed by atoms with Gasteiger partial charge >= 0.3 is 0 Å². The molecule has 134 valence electrons. The van der Waals surface area contributed by atoms with Crippen LogP contribution in [0.2, 0.25) is 0 Å². The number of hydrogen-bond donors (Lipinski definition) is 2. The Hall–Kier alpha value is -2.62. The number of nitrogens with zero attached hydrogens (tertiary/aromatic N) is 2. The van der Waals surface area contributed by atoms with Crippen molar-refractivity contribution in [2.45, 2.75) is 52.0 Å². The second kappa shape index (κ2) is 5.70. The lowest BCUT2D eigenvalue weighted by molar-refractivity contribution is -0.679. The molecular formula is C22H27N4+. The molecule has 0 aliphatic heterocycles. The molecule has 0 atom stereocenters. The molecule has 4 nitrogen and oxygen atoms in total. The van der Waals surface area contributed by atoms with Gasteiger partial charge in [-0.05, 0) is 29.2 Å². The second-order valence-corrected chi connectivity index (χ2v) is 8.87. The van der Waals surface area contributed by atoms with Gasteiger partial charge in [-0.25, -0.2) is 14.5 Å². The van der Waals surface area contributed by atoms with E-state index in [9.17, 15) is 0 Å². The maximum Gasteiger partial charge on any atom is 0.242 e. The van der Waals surface area contributed by atoms with Crippen LogP contribution in [0.5, 0.6) is 0 Å². The Labute approximate surface area is 154 Å². The van der Waals surface area contributed by atoms with E-state index in [1.165, 1.54) is 22.2 Å². The van der Waals surface area contributed by atoms with Crippen molar-refractivity contribution < 1.29 is 4.57 Å². The number of imidazole rings is 2. The van der Waals surface area contributed by atoms with E-state index < -0.39 is 0 Å². The van der Waals surface area contributed by atoms with E-state index in [2.05, 4.69) is 96.9 Å². The second-order valence-electron chi connectivity index (χ2n) is 8.87. The number of para-hydroxylation sites is 1. The van der Waals surface area contributed by atoms with Gasteiger partial charge in [-0.2, -0.15) is 0 Å². The summed E-state index contributed by atoms with van der Waals surface area (Å²) in [4.78, 5) is 11.1. The molecule has 0 unspecified atom stereocenters. The summed E-state index contributed by atoms with van der Waals surface area (Å²) in [7, 11) is 0. The summed E-state index contributed by atoms with van der Waals surface area (Å²) >= 11 is 0. The Morgan fingerprint density at radius 1 is 1.00 bits per heavy atom. The molecule has 0 amide bonds. The van der Waals surface area contributed by atoms with Crippen LogP contribution in [0, 0.1) is 0 Å². The zero-order chi connectivity index (χ0) is 18.5. The molecule has 0 aliphatic rings. The van der Waals surface area contributed by atoms with E-state index >= 15 is 0 Å². The van der Waals surface area contributed by atoms with Gasteiger partial charge in [0.2, 0.25) is 6.33 Å². The Kier molecular flexibility index (Phi) is 3.69. The third-order valence-corrected chi connectivity index (χ3v) is 5.29. The fraction of sp³-hybridized carbons (Fsp3) is 0.364. The van der Waals surface area contributed by atoms with Gasteiger partial charge in [0.05, 0.1) is 23.9 Å². The first kappa shape index (κ1) is 16.8. The number of fused-ring (bicyclic) bond motifs is 2. The first-order chi connectivity index (χ1) is 12.3. The van der Waals surface area contributed by atoms with Crippen LogP contribution in [0.25, 0.3) is 22.1 Å². The third-order valence-electron chi connectivity index (χ3n) is 5.29. The molecule has 4 rings (SSSR count). The Morgan fingerprint density at radius 3 is 2.58 bits per heavy atom. The van der Waals surface area contributed by atoms with Gasteiger partial charge in [0.1, 0.15) is 0 Å². The molecule has 2 N–H and O–H groups in total. The lowest BCUT2D eigenvalue weighted by Gasteiger charge is -2.23. The number of H-pyrrole nitrogens is 2. The Bertz CT molecular complexity index is 1080. The summed E-state index contributed by atoms with van der Waals surface area (Å²) in [5, 5.41) is 0. The van der Waals surface area contributed by atoms with Crippen molar-refractivity contribution in [3.8, 4) is 0 Å². The molecule has 2 aromatic carbocycles. The molecule has 0 bridgehead atoms. The largest absolute Gasteiger partial charge is 0.345 e. The molecular weight excluding hydrogens is 320 g/mol. The summed E-state index contributed by atoms with van der Waals surface area (Å²) in [6.45, 7) is 12.3. The normalized spacial score (nSPS) is 13.0. The lowest BCUT2D eigenvalue weighted by atomic mass is 9.84. The predicted molar refractivity (Wildman–Crippen MR) is 106 cm³/mol. The fourth-order valence-electron chi connectivity index (χ4n) is 3.77. The highest BCUT2D eigenvalue weighted by Gasteiger charge is 2.28. The van der Waals surface area contributed by atoms with Gasteiger partial charge < -0.3 is 4.98 Å². The number of aromatic nitrogens is 4. The zero-order valence-electron chi connectivity index (χ0n) is 16.2. The Balaban J connectivity index is 1.74. The van der Waals surface area contributed by atoms with Gasteiger partial charge in [-0.15, -0.1) is 0 Å². The molecule has 0 saturated heterocycles. The van der Waals surface area contributed by atoms with Crippen LogP contribution in [0.3, 0.4) is 0 Å². The molecule has 0 aliphatic carbocycles. The number of benzene rings is 2. The topological polar surface area (TPSA) is 48.4 Å². The minimum Gasteiger partial charge on any atom is -0.345 e. The monoisotopic (exact) mass is 347 g/mol. The summed E-state index contributed by atoms with van der Waals surface area (Å²) in [6.07, 6.45) is 3.86. The van der Waals surface area contributed by atoms with Crippen LogP contribution in [0.1, 0.15) is 45.7 Å². The maximum absolute atomic E-state index is 4.33. The minimum atomic E-state index is -0.00315. The molecule has 4 heteroatoms. The van der Waals surface area contributed by atoms with Gasteiger partial charge in [0.25, 0.3) is 0 Å². The van der Waals surface area contributed by atoms with Crippen LogP contribution in [-0.2, 0) is 17.4 Å². The van der Waals surface area contributed by atoms with Crippen molar-refractivity contribution >= 4 is 22.1 Å². The maximum atomic E-state index is 4.33. The van der Waals surface area contributed by atoms with Gasteiger partial charge in [-0.3, -0.25) is 0 Å². The number of hydrogen-bond acceptors (Lipinski definition) is 1. The molecule has 2 heterocycles. The quantitative estimate of drug-likeness (QED) is 0.523. The smallest absolute Gasteiger partial charge is 0.242 e. The van der Waals surface area contributed by atoms with E-state index in [1.54, 1.807) is 6.33 Å². The van der Waals surface area contributed by atoms with Crippen LogP contribution >= 0.6 is 0 Å². The van der Waals surface area contributed by atoms with Crippen LogP contribution < -0.4 is 4.57 Å². The highest BCUT2D eigenvalue weighted by atomic mass is 15.1. The van der Waals surface area contributed by atoms with Gasteiger partial charge in [-0.1, -0.05) is 52.8 Å². The van der Waals surface area contributed by atoms with E-state index in [0.717, 1.165) is 17.6 Å². The fourth-order valence-corrected chi connectivity index (χ4v) is 3.77. The van der Waals surface area contributed by atoms with Crippen molar-refractivity contribution in [2.75, 3.05) is 0 Å². The summed E-state index contributed by atoms with van der Waals surface area (Å²) in [5.74, 6) is 0. The van der Waals surface area contributed by atoms with Crippen LogP contribution in [0.4, 0.5) is 0 Å². The third kappa shape index (κ3) is 2.79. The standard InChI is InChI=1S/C22H26N4/c1-21(2,3)16-7-6-8-19-20(16)25-14-26(19)12-22(4,5)15-9-10-17-18(11-15)24-13-23-17/h6-11,13-14H,12H2,1-5H3,(H,23,24)/p+1. The van der Waals surface area contributed by atoms with Crippen molar-refractivity contribution in [3.63, 3.8) is 0 Å². The average Bonchev–Trinajstić information content (AvgIpc) is 3.19. The number of rotatable bonds is 3. The molecule has 0 fully saturated rings. The van der Waals surface area contributed by atoms with Crippen molar-refractivity contribution in [3.05, 3.63) is 60.2 Å². The van der Waals surface area contributed by atoms with Crippen LogP contribution in [-0.4, -0.2) is 15.0 Å². The highest BCUT2D eigenvalue weighted by Crippen LogP contribution is 2.29. The Morgan fingerprint density at radius 2 is 1.81 bits per heavy atom. The lowest BCUT2D eigenvalue weighted by Crippen LogP contribution is -2.42. The first-order valence-electron chi connectivity index (χ1n) is 9.19. The van der Waals surface area contributed by atoms with Crippen molar-refractivity contribution in [1.82, 2.24) is 15.0 Å².